The minimum Gasteiger partial charge on any atom is -0.507 e. The Bertz CT molecular complexity index is 888. The fraction of sp³-hybridized carbons (Fsp3) is 0.478. The molecule has 4 nitrogen and oxygen atoms in total. The summed E-state index contributed by atoms with van der Waals surface area (Å²) in [4.78, 5) is 0. The number of nitrogens with one attached hydrogen (secondary N) is 1. The maximum absolute atomic E-state index is 11.3. The topological polar surface area (TPSA) is 66.4 Å². The van der Waals surface area contributed by atoms with E-state index in [1.807, 2.05) is 36.4 Å². The van der Waals surface area contributed by atoms with E-state index in [9.17, 15) is 13.5 Å². The van der Waals surface area contributed by atoms with Crippen molar-refractivity contribution in [3.63, 3.8) is 0 Å². The SMILES string of the molecule is CCCCCCC(C)(C)c1ccc(-c2cccc(CNS(C)(=O)=O)c2)c(O)c1. The van der Waals surface area contributed by atoms with Crippen LogP contribution in [0.3, 0.4) is 0 Å². The summed E-state index contributed by atoms with van der Waals surface area (Å²) >= 11 is 0. The molecule has 2 rings (SSSR count). The molecule has 0 atom stereocenters. The molecule has 0 spiro atoms. The zero-order valence-electron chi connectivity index (χ0n) is 17.5. The molecule has 0 heterocycles. The van der Waals surface area contributed by atoms with Gasteiger partial charge in [-0.2, -0.15) is 0 Å². The van der Waals surface area contributed by atoms with Crippen LogP contribution in [0.5, 0.6) is 5.75 Å². The molecule has 0 amide bonds. The van der Waals surface area contributed by atoms with Crippen molar-refractivity contribution < 1.29 is 13.5 Å². The van der Waals surface area contributed by atoms with Crippen molar-refractivity contribution in [2.45, 2.75) is 64.8 Å². The maximum Gasteiger partial charge on any atom is 0.209 e. The highest BCUT2D eigenvalue weighted by Gasteiger charge is 2.21. The molecule has 0 fully saturated rings. The molecule has 0 aliphatic carbocycles. The summed E-state index contributed by atoms with van der Waals surface area (Å²) in [7, 11) is -3.24. The van der Waals surface area contributed by atoms with E-state index in [0.717, 1.165) is 34.9 Å². The van der Waals surface area contributed by atoms with Gasteiger partial charge in [0.2, 0.25) is 10.0 Å². The number of phenolic OH excluding ortho intramolecular Hbond substituents is 1. The van der Waals surface area contributed by atoms with Gasteiger partial charge in [-0.3, -0.25) is 0 Å². The van der Waals surface area contributed by atoms with Gasteiger partial charge < -0.3 is 5.11 Å². The van der Waals surface area contributed by atoms with Crippen LogP contribution in [-0.2, 0) is 22.0 Å². The highest BCUT2D eigenvalue weighted by Crippen LogP contribution is 2.36. The van der Waals surface area contributed by atoms with Gasteiger partial charge in [-0.05, 0) is 40.7 Å². The third-order valence-corrected chi connectivity index (χ3v) is 5.88. The summed E-state index contributed by atoms with van der Waals surface area (Å²) in [5.41, 5.74) is 3.64. The molecule has 2 aromatic rings. The maximum atomic E-state index is 11.3. The lowest BCUT2D eigenvalue weighted by atomic mass is 9.79. The number of hydrogen-bond acceptors (Lipinski definition) is 3. The summed E-state index contributed by atoms with van der Waals surface area (Å²) in [6.45, 7) is 6.90. The highest BCUT2D eigenvalue weighted by molar-refractivity contribution is 7.88. The molecule has 0 saturated heterocycles. The first-order valence-corrected chi connectivity index (χ1v) is 11.9. The Labute approximate surface area is 170 Å². The third-order valence-electron chi connectivity index (χ3n) is 5.21. The van der Waals surface area contributed by atoms with Crippen molar-refractivity contribution in [1.29, 1.82) is 0 Å². The van der Waals surface area contributed by atoms with Crippen LogP contribution in [0.25, 0.3) is 11.1 Å². The van der Waals surface area contributed by atoms with Gasteiger partial charge in [0.15, 0.2) is 0 Å². The van der Waals surface area contributed by atoms with Crippen molar-refractivity contribution in [2.75, 3.05) is 6.26 Å². The first kappa shape index (κ1) is 22.4. The number of rotatable bonds is 10. The molecule has 2 aromatic carbocycles. The molecule has 0 aliphatic rings. The van der Waals surface area contributed by atoms with Gasteiger partial charge in [0, 0.05) is 12.1 Å². The second-order valence-electron chi connectivity index (χ2n) is 8.22. The summed E-state index contributed by atoms with van der Waals surface area (Å²) in [5, 5.41) is 10.7. The van der Waals surface area contributed by atoms with Crippen molar-refractivity contribution in [3.8, 4) is 16.9 Å². The molecular weight excluding hydrogens is 370 g/mol. The lowest BCUT2D eigenvalue weighted by molar-refractivity contribution is 0.438. The van der Waals surface area contributed by atoms with Crippen molar-refractivity contribution in [2.24, 2.45) is 0 Å². The number of aromatic hydroxyl groups is 1. The van der Waals surface area contributed by atoms with Crippen LogP contribution in [0.15, 0.2) is 42.5 Å². The molecule has 0 saturated carbocycles. The fourth-order valence-electron chi connectivity index (χ4n) is 3.40. The van der Waals surface area contributed by atoms with Crippen LogP contribution in [0.2, 0.25) is 0 Å². The standard InChI is InChI=1S/C23H33NO3S/c1-5-6-7-8-14-23(2,3)20-12-13-21(22(25)16-20)19-11-9-10-18(15-19)17-24-28(4,26)27/h9-13,15-16,24-25H,5-8,14,17H2,1-4H3. The van der Waals surface area contributed by atoms with Gasteiger partial charge in [0.1, 0.15) is 5.75 Å². The van der Waals surface area contributed by atoms with Gasteiger partial charge >= 0.3 is 0 Å². The molecule has 5 heteroatoms. The third kappa shape index (κ3) is 6.64. The van der Waals surface area contributed by atoms with Crippen LogP contribution in [0.1, 0.15) is 64.0 Å². The Hall–Kier alpha value is -1.85. The Morgan fingerprint density at radius 3 is 2.43 bits per heavy atom. The zero-order chi connectivity index (χ0) is 20.8. The number of phenols is 1. The fourth-order valence-corrected chi connectivity index (χ4v) is 3.83. The summed E-state index contributed by atoms with van der Waals surface area (Å²) in [5.74, 6) is 0.257. The van der Waals surface area contributed by atoms with Crippen molar-refractivity contribution >= 4 is 10.0 Å². The van der Waals surface area contributed by atoms with Gasteiger partial charge in [-0.15, -0.1) is 0 Å². The highest BCUT2D eigenvalue weighted by atomic mass is 32.2. The number of unbranched alkanes of at least 4 members (excludes halogenated alkanes) is 3. The molecule has 0 aromatic heterocycles. The second kappa shape index (κ2) is 9.57. The van der Waals surface area contributed by atoms with Crippen LogP contribution in [0.4, 0.5) is 0 Å². The predicted octanol–water partition coefficient (Wildman–Crippen LogP) is 5.36. The first-order chi connectivity index (χ1) is 13.1. The Kier molecular flexibility index (Phi) is 7.67. The zero-order valence-corrected chi connectivity index (χ0v) is 18.3. The smallest absolute Gasteiger partial charge is 0.209 e. The lowest BCUT2D eigenvalue weighted by Crippen LogP contribution is -2.21. The van der Waals surface area contributed by atoms with E-state index in [1.165, 1.54) is 25.7 Å². The second-order valence-corrected chi connectivity index (χ2v) is 10.1. The summed E-state index contributed by atoms with van der Waals surface area (Å²) in [6.07, 6.45) is 7.18. The van der Waals surface area contributed by atoms with E-state index in [1.54, 1.807) is 0 Å². The molecule has 0 bridgehead atoms. The van der Waals surface area contributed by atoms with Crippen LogP contribution < -0.4 is 4.72 Å². The molecular formula is C23H33NO3S. The van der Waals surface area contributed by atoms with E-state index >= 15 is 0 Å². The summed E-state index contributed by atoms with van der Waals surface area (Å²) < 4.78 is 25.1. The Morgan fingerprint density at radius 1 is 1.04 bits per heavy atom. The van der Waals surface area contributed by atoms with Crippen LogP contribution in [0, 0.1) is 0 Å². The predicted molar refractivity (Wildman–Crippen MR) is 117 cm³/mol. The number of hydrogen-bond donors (Lipinski definition) is 2. The molecule has 28 heavy (non-hydrogen) atoms. The van der Waals surface area contributed by atoms with E-state index < -0.39 is 10.0 Å². The van der Waals surface area contributed by atoms with Crippen LogP contribution >= 0.6 is 0 Å². The van der Waals surface area contributed by atoms with E-state index in [0.29, 0.717) is 0 Å². The molecule has 0 radical (unpaired) electrons. The normalized spacial score (nSPS) is 12.3. The number of sulfonamides is 1. The minimum atomic E-state index is -3.24. The van der Waals surface area contributed by atoms with Gasteiger partial charge in [0.05, 0.1) is 6.26 Å². The first-order valence-electron chi connectivity index (χ1n) is 10.00. The quantitative estimate of drug-likeness (QED) is 0.525. The average molecular weight is 404 g/mol. The van der Waals surface area contributed by atoms with E-state index in [4.69, 9.17) is 0 Å². The van der Waals surface area contributed by atoms with E-state index in [-0.39, 0.29) is 17.7 Å². The van der Waals surface area contributed by atoms with E-state index in [2.05, 4.69) is 31.6 Å². The van der Waals surface area contributed by atoms with Gasteiger partial charge in [-0.1, -0.05) is 76.8 Å². The van der Waals surface area contributed by atoms with Crippen molar-refractivity contribution in [3.05, 3.63) is 53.6 Å². The monoisotopic (exact) mass is 403 g/mol. The Morgan fingerprint density at radius 2 is 1.79 bits per heavy atom. The molecule has 2 N–H and O–H groups in total. The van der Waals surface area contributed by atoms with Crippen LogP contribution in [-0.4, -0.2) is 19.8 Å². The number of benzene rings is 2. The van der Waals surface area contributed by atoms with Gasteiger partial charge in [-0.25, -0.2) is 13.1 Å². The molecule has 0 unspecified atom stereocenters. The average Bonchev–Trinajstić information content (AvgIpc) is 2.63. The minimum absolute atomic E-state index is 0.0189. The molecule has 154 valence electrons. The van der Waals surface area contributed by atoms with Crippen molar-refractivity contribution in [1.82, 2.24) is 4.72 Å². The summed E-state index contributed by atoms with van der Waals surface area (Å²) in [6, 6.07) is 13.5. The largest absolute Gasteiger partial charge is 0.507 e. The lowest BCUT2D eigenvalue weighted by Gasteiger charge is -2.26. The van der Waals surface area contributed by atoms with Gasteiger partial charge in [0.25, 0.3) is 0 Å². The Balaban J connectivity index is 2.18. The molecule has 0 aliphatic heterocycles.